The second kappa shape index (κ2) is 6.33. The molecule has 0 aromatic heterocycles. The molecule has 100 valence electrons. The molecule has 2 rings (SSSR count). The highest BCUT2D eigenvalue weighted by atomic mass is 19.1. The van der Waals surface area contributed by atoms with E-state index < -0.39 is 0 Å². The monoisotopic (exact) mass is 249 g/mol. The van der Waals surface area contributed by atoms with Crippen LogP contribution in [0.3, 0.4) is 0 Å². The Morgan fingerprint density at radius 2 is 2.17 bits per heavy atom. The van der Waals surface area contributed by atoms with E-state index in [0.29, 0.717) is 17.8 Å². The van der Waals surface area contributed by atoms with E-state index in [9.17, 15) is 4.39 Å². The minimum Gasteiger partial charge on any atom is -0.316 e. The van der Waals surface area contributed by atoms with Gasteiger partial charge in [0.25, 0.3) is 0 Å². The Hall–Kier alpha value is -0.890. The highest BCUT2D eigenvalue weighted by molar-refractivity contribution is 5.22. The summed E-state index contributed by atoms with van der Waals surface area (Å²) >= 11 is 0. The maximum absolute atomic E-state index is 13.3. The predicted molar refractivity (Wildman–Crippen MR) is 74.2 cm³/mol. The van der Waals surface area contributed by atoms with E-state index in [-0.39, 0.29) is 5.82 Å². The average molecular weight is 249 g/mol. The molecular formula is C16H24FN. The summed E-state index contributed by atoms with van der Waals surface area (Å²) in [5, 5.41) is 3.55. The highest BCUT2D eigenvalue weighted by Crippen LogP contribution is 2.39. The van der Waals surface area contributed by atoms with Crippen molar-refractivity contribution in [1.29, 1.82) is 0 Å². The zero-order chi connectivity index (χ0) is 13.0. The Balaban J connectivity index is 1.95. The summed E-state index contributed by atoms with van der Waals surface area (Å²) in [5.41, 5.74) is 1.18. The smallest absolute Gasteiger partial charge is 0.123 e. The lowest BCUT2D eigenvalue weighted by Crippen LogP contribution is -2.27. The summed E-state index contributed by atoms with van der Waals surface area (Å²) in [6.07, 6.45) is 3.75. The van der Waals surface area contributed by atoms with Crippen molar-refractivity contribution in [2.75, 3.05) is 13.1 Å². The van der Waals surface area contributed by atoms with Gasteiger partial charge in [0, 0.05) is 0 Å². The fourth-order valence-corrected chi connectivity index (χ4v) is 3.01. The molecule has 1 aliphatic rings. The van der Waals surface area contributed by atoms with Crippen molar-refractivity contribution >= 4 is 0 Å². The molecule has 0 amide bonds. The van der Waals surface area contributed by atoms with Gasteiger partial charge in [-0.3, -0.25) is 0 Å². The zero-order valence-corrected chi connectivity index (χ0v) is 11.5. The molecule has 0 radical (unpaired) electrons. The fraction of sp³-hybridized carbons (Fsp3) is 0.625. The second-order valence-corrected chi connectivity index (χ2v) is 5.90. The number of hydrogen-bond donors (Lipinski definition) is 1. The van der Waals surface area contributed by atoms with Crippen LogP contribution in [0.2, 0.25) is 0 Å². The Morgan fingerprint density at radius 3 is 2.89 bits per heavy atom. The van der Waals surface area contributed by atoms with E-state index in [4.69, 9.17) is 0 Å². The van der Waals surface area contributed by atoms with E-state index in [2.05, 4.69) is 25.2 Å². The first-order valence-corrected chi connectivity index (χ1v) is 7.13. The first-order valence-electron chi connectivity index (χ1n) is 7.13. The molecule has 1 aromatic rings. The van der Waals surface area contributed by atoms with Gasteiger partial charge in [0.15, 0.2) is 0 Å². The molecule has 1 aromatic carbocycles. The molecule has 0 saturated heterocycles. The van der Waals surface area contributed by atoms with Crippen LogP contribution in [0.1, 0.15) is 44.6 Å². The standard InChI is InChI=1S/C16H24FN/c1-12(2)10-18-11-14-6-4-8-16(14)13-5-3-7-15(17)9-13/h3,5,7,9,12,14,16,18H,4,6,8,10-11H2,1-2H3. The van der Waals surface area contributed by atoms with E-state index >= 15 is 0 Å². The van der Waals surface area contributed by atoms with E-state index in [0.717, 1.165) is 13.1 Å². The predicted octanol–water partition coefficient (Wildman–Crippen LogP) is 3.96. The number of benzene rings is 1. The number of nitrogens with one attached hydrogen (secondary N) is 1. The minimum absolute atomic E-state index is 0.103. The van der Waals surface area contributed by atoms with Crippen molar-refractivity contribution in [3.8, 4) is 0 Å². The lowest BCUT2D eigenvalue weighted by molar-refractivity contribution is 0.424. The van der Waals surface area contributed by atoms with Crippen molar-refractivity contribution in [2.45, 2.75) is 39.0 Å². The summed E-state index contributed by atoms with van der Waals surface area (Å²) in [7, 11) is 0. The van der Waals surface area contributed by atoms with Crippen molar-refractivity contribution in [1.82, 2.24) is 5.32 Å². The van der Waals surface area contributed by atoms with Crippen LogP contribution in [0, 0.1) is 17.7 Å². The number of hydrogen-bond acceptors (Lipinski definition) is 1. The molecule has 1 fully saturated rings. The van der Waals surface area contributed by atoms with Gasteiger partial charge >= 0.3 is 0 Å². The van der Waals surface area contributed by atoms with Crippen LogP contribution in [0.4, 0.5) is 4.39 Å². The van der Waals surface area contributed by atoms with Gasteiger partial charge in [-0.25, -0.2) is 4.39 Å². The van der Waals surface area contributed by atoms with E-state index in [1.807, 2.05) is 6.07 Å². The molecule has 0 heterocycles. The Labute approximate surface area is 110 Å². The van der Waals surface area contributed by atoms with Crippen molar-refractivity contribution in [3.63, 3.8) is 0 Å². The largest absolute Gasteiger partial charge is 0.316 e. The third-order valence-corrected chi connectivity index (χ3v) is 3.90. The zero-order valence-electron chi connectivity index (χ0n) is 11.5. The van der Waals surface area contributed by atoms with Gasteiger partial charge in [0.1, 0.15) is 5.82 Å². The van der Waals surface area contributed by atoms with Crippen LogP contribution < -0.4 is 5.32 Å². The Morgan fingerprint density at radius 1 is 1.33 bits per heavy atom. The third kappa shape index (κ3) is 3.55. The van der Waals surface area contributed by atoms with Crippen LogP contribution in [-0.4, -0.2) is 13.1 Å². The molecule has 1 aliphatic carbocycles. The van der Waals surface area contributed by atoms with Gasteiger partial charge in [-0.2, -0.15) is 0 Å². The van der Waals surface area contributed by atoms with Crippen LogP contribution in [-0.2, 0) is 0 Å². The normalized spacial score (nSPS) is 23.8. The first-order chi connectivity index (χ1) is 8.66. The molecule has 0 aliphatic heterocycles. The third-order valence-electron chi connectivity index (χ3n) is 3.90. The molecule has 1 saturated carbocycles. The summed E-state index contributed by atoms with van der Waals surface area (Å²) in [6.45, 7) is 6.60. The van der Waals surface area contributed by atoms with Gasteiger partial charge in [-0.05, 0) is 61.4 Å². The van der Waals surface area contributed by atoms with Gasteiger partial charge in [-0.1, -0.05) is 32.4 Å². The summed E-state index contributed by atoms with van der Waals surface area (Å²) < 4.78 is 13.3. The minimum atomic E-state index is -0.103. The summed E-state index contributed by atoms with van der Waals surface area (Å²) in [4.78, 5) is 0. The van der Waals surface area contributed by atoms with Crippen molar-refractivity contribution in [3.05, 3.63) is 35.6 Å². The maximum atomic E-state index is 13.3. The molecule has 2 unspecified atom stereocenters. The highest BCUT2D eigenvalue weighted by Gasteiger charge is 2.28. The molecule has 2 heteroatoms. The van der Waals surface area contributed by atoms with Gasteiger partial charge in [-0.15, -0.1) is 0 Å². The lowest BCUT2D eigenvalue weighted by atomic mass is 9.89. The topological polar surface area (TPSA) is 12.0 Å². The van der Waals surface area contributed by atoms with E-state index in [1.54, 1.807) is 6.07 Å². The van der Waals surface area contributed by atoms with Crippen molar-refractivity contribution < 1.29 is 4.39 Å². The van der Waals surface area contributed by atoms with Gasteiger partial charge in [0.05, 0.1) is 0 Å². The number of halogens is 1. The quantitative estimate of drug-likeness (QED) is 0.833. The molecule has 18 heavy (non-hydrogen) atoms. The molecule has 0 spiro atoms. The lowest BCUT2D eigenvalue weighted by Gasteiger charge is -2.21. The van der Waals surface area contributed by atoms with Crippen molar-refractivity contribution in [2.24, 2.45) is 11.8 Å². The van der Waals surface area contributed by atoms with E-state index in [1.165, 1.54) is 30.9 Å². The molecular weight excluding hydrogens is 225 g/mol. The summed E-state index contributed by atoms with van der Waals surface area (Å²) in [6, 6.07) is 7.16. The van der Waals surface area contributed by atoms with Gasteiger partial charge in [0.2, 0.25) is 0 Å². The van der Waals surface area contributed by atoms with Crippen LogP contribution in [0.25, 0.3) is 0 Å². The average Bonchev–Trinajstić information content (AvgIpc) is 2.77. The summed E-state index contributed by atoms with van der Waals surface area (Å²) in [5.74, 6) is 1.80. The van der Waals surface area contributed by atoms with Crippen LogP contribution in [0.15, 0.2) is 24.3 Å². The SMILES string of the molecule is CC(C)CNCC1CCCC1c1cccc(F)c1. The van der Waals surface area contributed by atoms with Gasteiger partial charge < -0.3 is 5.32 Å². The van der Waals surface area contributed by atoms with Crippen LogP contribution >= 0.6 is 0 Å². The Bertz CT molecular complexity index is 375. The molecule has 2 atom stereocenters. The second-order valence-electron chi connectivity index (χ2n) is 5.90. The number of rotatable bonds is 5. The fourth-order valence-electron chi connectivity index (χ4n) is 3.01. The molecule has 1 nitrogen and oxygen atoms in total. The molecule has 0 bridgehead atoms. The van der Waals surface area contributed by atoms with Crippen LogP contribution in [0.5, 0.6) is 0 Å². The Kier molecular flexibility index (Phi) is 4.76. The first kappa shape index (κ1) is 13.5. The molecule has 1 N–H and O–H groups in total. The maximum Gasteiger partial charge on any atom is 0.123 e.